The standard InChI is InChI=1S/C23H27Cl2N5O/c1-31-14-4-9-26-22-19-5-2-3-6-21(19)27-23(28-22)30-12-10-29(11-13-30)16-17-7-8-18(24)15-20(17)25/h2-3,5-8,15H,4,9-14,16H2,1H3,(H,26,27,28). The Morgan fingerprint density at radius 1 is 1.03 bits per heavy atom. The number of fused-ring (bicyclic) bond motifs is 1. The second-order valence-electron chi connectivity index (χ2n) is 7.66. The van der Waals surface area contributed by atoms with E-state index in [0.29, 0.717) is 5.02 Å². The molecule has 1 N–H and O–H groups in total. The molecule has 0 bridgehead atoms. The maximum Gasteiger partial charge on any atom is 0.227 e. The number of ether oxygens (including phenoxy) is 1. The van der Waals surface area contributed by atoms with Gasteiger partial charge in [-0.2, -0.15) is 4.98 Å². The molecule has 0 amide bonds. The third-order valence-corrected chi connectivity index (χ3v) is 6.06. The Hall–Kier alpha value is -2.12. The minimum atomic E-state index is 0.665. The molecule has 8 heteroatoms. The smallest absolute Gasteiger partial charge is 0.227 e. The van der Waals surface area contributed by atoms with E-state index in [9.17, 15) is 0 Å². The number of nitrogens with zero attached hydrogens (tertiary/aromatic N) is 4. The molecule has 4 rings (SSSR count). The number of anilines is 2. The summed E-state index contributed by atoms with van der Waals surface area (Å²) in [6, 6.07) is 13.8. The van der Waals surface area contributed by atoms with Gasteiger partial charge in [-0.05, 0) is 36.2 Å². The molecule has 2 heterocycles. The van der Waals surface area contributed by atoms with Crippen LogP contribution >= 0.6 is 23.2 Å². The van der Waals surface area contributed by atoms with Crippen LogP contribution in [0.4, 0.5) is 11.8 Å². The van der Waals surface area contributed by atoms with Crippen molar-refractivity contribution in [2.45, 2.75) is 13.0 Å². The SMILES string of the molecule is COCCCNc1nc(N2CCN(Cc3ccc(Cl)cc3Cl)CC2)nc2ccccc12. The zero-order valence-electron chi connectivity index (χ0n) is 17.7. The Labute approximate surface area is 193 Å². The van der Waals surface area contributed by atoms with Crippen LogP contribution < -0.4 is 10.2 Å². The van der Waals surface area contributed by atoms with Crippen molar-refractivity contribution in [3.05, 3.63) is 58.1 Å². The fourth-order valence-electron chi connectivity index (χ4n) is 3.76. The molecule has 0 spiro atoms. The van der Waals surface area contributed by atoms with E-state index in [-0.39, 0.29) is 0 Å². The number of piperazine rings is 1. The van der Waals surface area contributed by atoms with E-state index in [4.69, 9.17) is 37.9 Å². The van der Waals surface area contributed by atoms with E-state index in [1.807, 2.05) is 30.3 Å². The second-order valence-corrected chi connectivity index (χ2v) is 8.51. The van der Waals surface area contributed by atoms with E-state index in [2.05, 4.69) is 21.2 Å². The van der Waals surface area contributed by atoms with Crippen LogP contribution in [0.25, 0.3) is 10.9 Å². The molecule has 6 nitrogen and oxygen atoms in total. The average molecular weight is 460 g/mol. The zero-order valence-corrected chi connectivity index (χ0v) is 19.2. The normalized spacial score (nSPS) is 14.9. The van der Waals surface area contributed by atoms with Crippen molar-refractivity contribution in [1.82, 2.24) is 14.9 Å². The number of para-hydroxylation sites is 1. The average Bonchev–Trinajstić information content (AvgIpc) is 2.79. The number of halogens is 2. The first-order valence-corrected chi connectivity index (χ1v) is 11.3. The van der Waals surface area contributed by atoms with Crippen LogP contribution in [-0.4, -0.2) is 61.3 Å². The van der Waals surface area contributed by atoms with E-state index in [0.717, 1.165) is 85.6 Å². The number of hydrogen-bond donors (Lipinski definition) is 1. The molecule has 0 unspecified atom stereocenters. The van der Waals surface area contributed by atoms with E-state index < -0.39 is 0 Å². The topological polar surface area (TPSA) is 53.5 Å². The molecule has 31 heavy (non-hydrogen) atoms. The van der Waals surface area contributed by atoms with E-state index >= 15 is 0 Å². The molecular weight excluding hydrogens is 433 g/mol. The van der Waals surface area contributed by atoms with Gasteiger partial charge in [-0.25, -0.2) is 4.98 Å². The molecule has 0 aliphatic carbocycles. The van der Waals surface area contributed by atoms with Crippen molar-refractivity contribution in [3.8, 4) is 0 Å². The van der Waals surface area contributed by atoms with Gasteiger partial charge in [0.25, 0.3) is 0 Å². The number of rotatable bonds is 8. The lowest BCUT2D eigenvalue weighted by Crippen LogP contribution is -2.46. The van der Waals surface area contributed by atoms with Crippen LogP contribution in [0.1, 0.15) is 12.0 Å². The van der Waals surface area contributed by atoms with Gasteiger partial charge in [0.05, 0.1) is 5.52 Å². The predicted octanol–water partition coefficient (Wildman–Crippen LogP) is 4.71. The monoisotopic (exact) mass is 459 g/mol. The molecule has 1 saturated heterocycles. The fraction of sp³-hybridized carbons (Fsp3) is 0.391. The number of hydrogen-bond acceptors (Lipinski definition) is 6. The second kappa shape index (κ2) is 10.5. The molecule has 3 aromatic rings. The lowest BCUT2D eigenvalue weighted by Gasteiger charge is -2.35. The lowest BCUT2D eigenvalue weighted by molar-refractivity contribution is 0.198. The summed E-state index contributed by atoms with van der Waals surface area (Å²) in [5.41, 5.74) is 2.06. The highest BCUT2D eigenvalue weighted by Gasteiger charge is 2.21. The van der Waals surface area contributed by atoms with Gasteiger partial charge in [0.2, 0.25) is 5.95 Å². The number of nitrogens with one attached hydrogen (secondary N) is 1. The minimum Gasteiger partial charge on any atom is -0.385 e. The summed E-state index contributed by atoms with van der Waals surface area (Å²) in [4.78, 5) is 14.4. The van der Waals surface area contributed by atoms with Crippen molar-refractivity contribution >= 4 is 45.9 Å². The zero-order chi connectivity index (χ0) is 21.6. The Kier molecular flexibility index (Phi) is 7.45. The summed E-state index contributed by atoms with van der Waals surface area (Å²) in [5.74, 6) is 1.66. The van der Waals surface area contributed by atoms with Crippen LogP contribution in [0.3, 0.4) is 0 Å². The van der Waals surface area contributed by atoms with Crippen molar-refractivity contribution in [1.29, 1.82) is 0 Å². The van der Waals surface area contributed by atoms with Crippen molar-refractivity contribution in [3.63, 3.8) is 0 Å². The summed E-state index contributed by atoms with van der Waals surface area (Å²) >= 11 is 12.4. The lowest BCUT2D eigenvalue weighted by atomic mass is 10.2. The van der Waals surface area contributed by atoms with Crippen LogP contribution in [0.5, 0.6) is 0 Å². The van der Waals surface area contributed by atoms with Crippen molar-refractivity contribution < 1.29 is 4.74 Å². The van der Waals surface area contributed by atoms with Crippen molar-refractivity contribution in [2.75, 3.05) is 56.7 Å². The Bertz CT molecular complexity index is 1020. The molecule has 1 aliphatic heterocycles. The first kappa shape index (κ1) is 22.1. The van der Waals surface area contributed by atoms with Crippen LogP contribution in [0.15, 0.2) is 42.5 Å². The summed E-state index contributed by atoms with van der Waals surface area (Å²) in [7, 11) is 1.72. The van der Waals surface area contributed by atoms with Gasteiger partial charge in [0.1, 0.15) is 5.82 Å². The molecule has 164 valence electrons. The first-order chi connectivity index (χ1) is 15.1. The summed E-state index contributed by atoms with van der Waals surface area (Å²) < 4.78 is 5.15. The summed E-state index contributed by atoms with van der Waals surface area (Å²) in [5, 5.41) is 5.89. The molecule has 1 aromatic heterocycles. The van der Waals surface area contributed by atoms with Crippen LogP contribution in [-0.2, 0) is 11.3 Å². The molecule has 1 fully saturated rings. The number of benzene rings is 2. The van der Waals surface area contributed by atoms with E-state index in [1.165, 1.54) is 0 Å². The quantitative estimate of drug-likeness (QED) is 0.492. The van der Waals surface area contributed by atoms with Gasteiger partial charge in [-0.3, -0.25) is 4.90 Å². The number of aromatic nitrogens is 2. The highest BCUT2D eigenvalue weighted by Crippen LogP contribution is 2.26. The number of methoxy groups -OCH3 is 1. The molecule has 0 saturated carbocycles. The summed E-state index contributed by atoms with van der Waals surface area (Å²) in [6.45, 7) is 5.93. The fourth-order valence-corrected chi connectivity index (χ4v) is 4.23. The first-order valence-electron chi connectivity index (χ1n) is 10.5. The molecular formula is C23H27Cl2N5O. The van der Waals surface area contributed by atoms with Gasteiger partial charge in [-0.1, -0.05) is 41.4 Å². The Balaban J connectivity index is 1.44. The highest BCUT2D eigenvalue weighted by atomic mass is 35.5. The van der Waals surface area contributed by atoms with Crippen molar-refractivity contribution in [2.24, 2.45) is 0 Å². The van der Waals surface area contributed by atoms with Crippen LogP contribution in [0, 0.1) is 0 Å². The van der Waals surface area contributed by atoms with Gasteiger partial charge < -0.3 is 15.0 Å². The Morgan fingerprint density at radius 2 is 1.84 bits per heavy atom. The van der Waals surface area contributed by atoms with Gasteiger partial charge >= 0.3 is 0 Å². The molecule has 1 aliphatic rings. The molecule has 0 radical (unpaired) electrons. The van der Waals surface area contributed by atoms with Gasteiger partial charge in [-0.15, -0.1) is 0 Å². The highest BCUT2D eigenvalue weighted by molar-refractivity contribution is 6.35. The third kappa shape index (κ3) is 5.57. The minimum absolute atomic E-state index is 0.665. The van der Waals surface area contributed by atoms with Gasteiger partial charge in [0, 0.05) is 68.4 Å². The van der Waals surface area contributed by atoms with Gasteiger partial charge in [0.15, 0.2) is 0 Å². The third-order valence-electron chi connectivity index (χ3n) is 5.47. The predicted molar refractivity (Wildman–Crippen MR) is 128 cm³/mol. The Morgan fingerprint density at radius 3 is 2.61 bits per heavy atom. The van der Waals surface area contributed by atoms with E-state index in [1.54, 1.807) is 13.2 Å². The maximum absolute atomic E-state index is 6.35. The molecule has 0 atom stereocenters. The van der Waals surface area contributed by atoms with Crippen LogP contribution in [0.2, 0.25) is 10.0 Å². The molecule has 2 aromatic carbocycles. The largest absolute Gasteiger partial charge is 0.385 e. The summed E-state index contributed by atoms with van der Waals surface area (Å²) in [6.07, 6.45) is 0.927. The maximum atomic E-state index is 6.35.